The van der Waals surface area contributed by atoms with E-state index in [9.17, 15) is 9.00 Å². The van der Waals surface area contributed by atoms with Crippen molar-refractivity contribution >= 4 is 21.9 Å². The standard InChI is InChI=1S/C17H13N5O3S/c1-25-16-5-3-12(8-19-16)14-4-2-11(7-18-14)13-9-20-22(10-13)17-6-15(23)21-26(17)24/h2-10H,1H3,(H,21,23). The van der Waals surface area contributed by atoms with Crippen LogP contribution in [0.5, 0.6) is 5.88 Å². The molecule has 1 unspecified atom stereocenters. The second-order valence-corrected chi connectivity index (χ2v) is 6.57. The van der Waals surface area contributed by atoms with Crippen LogP contribution in [0.15, 0.2) is 55.1 Å². The lowest BCUT2D eigenvalue weighted by Crippen LogP contribution is -2.17. The predicted molar refractivity (Wildman–Crippen MR) is 95.8 cm³/mol. The molecule has 0 bridgehead atoms. The number of pyridine rings is 2. The van der Waals surface area contributed by atoms with Crippen molar-refractivity contribution in [1.82, 2.24) is 24.5 Å². The number of hydrogen-bond acceptors (Lipinski definition) is 6. The Kier molecular flexibility index (Phi) is 4.05. The van der Waals surface area contributed by atoms with E-state index in [0.717, 1.165) is 22.4 Å². The number of carbonyl (C=O) groups is 1. The maximum atomic E-state index is 11.8. The molecule has 4 rings (SSSR count). The number of nitrogens with one attached hydrogen (secondary N) is 1. The highest BCUT2D eigenvalue weighted by molar-refractivity contribution is 7.93. The first-order valence-corrected chi connectivity index (χ1v) is 8.75. The maximum Gasteiger partial charge on any atom is 0.258 e. The third-order valence-corrected chi connectivity index (χ3v) is 4.86. The highest BCUT2D eigenvalue weighted by Gasteiger charge is 2.22. The van der Waals surface area contributed by atoms with Crippen LogP contribution < -0.4 is 9.46 Å². The maximum absolute atomic E-state index is 11.8. The molecule has 1 N–H and O–H groups in total. The van der Waals surface area contributed by atoms with Gasteiger partial charge in [0.05, 0.1) is 19.0 Å². The normalized spacial score (nSPS) is 16.3. The van der Waals surface area contributed by atoms with Gasteiger partial charge >= 0.3 is 0 Å². The van der Waals surface area contributed by atoms with Crippen molar-refractivity contribution in [3.8, 4) is 28.3 Å². The van der Waals surface area contributed by atoms with Crippen LogP contribution >= 0.6 is 0 Å². The zero-order valence-corrected chi connectivity index (χ0v) is 14.4. The average molecular weight is 367 g/mol. The van der Waals surface area contributed by atoms with E-state index in [4.69, 9.17) is 4.74 Å². The van der Waals surface area contributed by atoms with Crippen molar-refractivity contribution in [1.29, 1.82) is 0 Å². The molecule has 4 heterocycles. The Morgan fingerprint density at radius 1 is 1.04 bits per heavy atom. The summed E-state index contributed by atoms with van der Waals surface area (Å²) in [6.45, 7) is 0. The molecule has 26 heavy (non-hydrogen) atoms. The van der Waals surface area contributed by atoms with Crippen LogP contribution in [-0.2, 0) is 15.8 Å². The smallest absolute Gasteiger partial charge is 0.258 e. The fourth-order valence-corrected chi connectivity index (χ4v) is 3.30. The molecule has 3 aromatic heterocycles. The van der Waals surface area contributed by atoms with Gasteiger partial charge in [-0.15, -0.1) is 0 Å². The number of hydrogen-bond donors (Lipinski definition) is 1. The summed E-state index contributed by atoms with van der Waals surface area (Å²) in [5.41, 5.74) is 3.31. The number of rotatable bonds is 4. The number of aromatic nitrogens is 4. The first-order chi connectivity index (χ1) is 12.6. The van der Waals surface area contributed by atoms with Gasteiger partial charge in [-0.1, -0.05) is 6.07 Å². The minimum atomic E-state index is -1.59. The minimum Gasteiger partial charge on any atom is -0.481 e. The summed E-state index contributed by atoms with van der Waals surface area (Å²) in [6, 6.07) is 7.46. The van der Waals surface area contributed by atoms with E-state index in [0.29, 0.717) is 10.9 Å². The van der Waals surface area contributed by atoms with E-state index in [1.165, 1.54) is 10.8 Å². The molecule has 1 aliphatic heterocycles. The molecule has 1 amide bonds. The van der Waals surface area contributed by atoms with Gasteiger partial charge in [0.2, 0.25) is 5.88 Å². The van der Waals surface area contributed by atoms with Crippen molar-refractivity contribution in [2.24, 2.45) is 0 Å². The lowest BCUT2D eigenvalue weighted by Gasteiger charge is -2.03. The van der Waals surface area contributed by atoms with Crippen LogP contribution in [-0.4, -0.2) is 37.0 Å². The molecule has 3 aromatic rings. The topological polar surface area (TPSA) is 99.0 Å². The summed E-state index contributed by atoms with van der Waals surface area (Å²) in [4.78, 5) is 19.9. The van der Waals surface area contributed by atoms with Crippen LogP contribution in [0.25, 0.3) is 27.4 Å². The Labute approximate surface area is 151 Å². The van der Waals surface area contributed by atoms with Gasteiger partial charge in [-0.05, 0) is 12.1 Å². The summed E-state index contributed by atoms with van der Waals surface area (Å²) in [7, 11) is -0.0192. The van der Waals surface area contributed by atoms with Crippen molar-refractivity contribution in [3.05, 3.63) is 55.1 Å². The summed E-state index contributed by atoms with van der Waals surface area (Å²) in [5.74, 6) is 0.152. The molecule has 0 radical (unpaired) electrons. The Bertz CT molecular complexity index is 1030. The van der Waals surface area contributed by atoms with Gasteiger partial charge in [-0.2, -0.15) is 5.10 Å². The summed E-state index contributed by atoms with van der Waals surface area (Å²) >= 11 is 0. The fourth-order valence-electron chi connectivity index (χ4n) is 2.47. The van der Waals surface area contributed by atoms with Gasteiger partial charge in [0.15, 0.2) is 16.0 Å². The number of carbonyl (C=O) groups excluding carboxylic acids is 1. The summed E-state index contributed by atoms with van der Waals surface area (Å²) in [5, 5.41) is 4.47. The summed E-state index contributed by atoms with van der Waals surface area (Å²) < 4.78 is 20.6. The van der Waals surface area contributed by atoms with Crippen molar-refractivity contribution in [2.45, 2.75) is 0 Å². The van der Waals surface area contributed by atoms with Gasteiger partial charge in [0.25, 0.3) is 5.91 Å². The molecule has 0 fully saturated rings. The minimum absolute atomic E-state index is 0.301. The van der Waals surface area contributed by atoms with Crippen LogP contribution in [0, 0.1) is 0 Å². The molecular weight excluding hydrogens is 354 g/mol. The number of nitrogens with zero attached hydrogens (tertiary/aromatic N) is 4. The average Bonchev–Trinajstić information content (AvgIpc) is 3.28. The second kappa shape index (κ2) is 6.52. The van der Waals surface area contributed by atoms with Crippen molar-refractivity contribution < 1.29 is 13.7 Å². The van der Waals surface area contributed by atoms with Gasteiger partial charge in [-0.3, -0.25) is 14.5 Å². The van der Waals surface area contributed by atoms with Gasteiger partial charge in [0.1, 0.15) is 0 Å². The first-order valence-electron chi connectivity index (χ1n) is 7.60. The lowest BCUT2D eigenvalue weighted by molar-refractivity contribution is -0.114. The monoisotopic (exact) mass is 367 g/mol. The van der Waals surface area contributed by atoms with E-state index < -0.39 is 16.9 Å². The zero-order chi connectivity index (χ0) is 18.1. The van der Waals surface area contributed by atoms with Crippen LogP contribution in [0.4, 0.5) is 0 Å². The third-order valence-electron chi connectivity index (χ3n) is 3.78. The molecule has 0 aromatic carbocycles. The number of ether oxygens (including phenoxy) is 1. The Balaban J connectivity index is 1.58. The lowest BCUT2D eigenvalue weighted by atomic mass is 10.1. The fraction of sp³-hybridized carbons (Fsp3) is 0.0588. The molecule has 0 aliphatic carbocycles. The molecule has 1 atom stereocenters. The predicted octanol–water partition coefficient (Wildman–Crippen LogP) is 1.61. The Morgan fingerprint density at radius 3 is 2.46 bits per heavy atom. The third kappa shape index (κ3) is 3.00. The molecule has 8 nitrogen and oxygen atoms in total. The van der Waals surface area contributed by atoms with E-state index in [2.05, 4.69) is 19.8 Å². The molecule has 9 heteroatoms. The van der Waals surface area contributed by atoms with E-state index in [1.807, 2.05) is 18.2 Å². The molecule has 1 aliphatic rings. The largest absolute Gasteiger partial charge is 0.481 e. The SMILES string of the molecule is COc1ccc(-c2ccc(-c3cnn(C4=CC(=O)NS4=O)c3)cn2)cn1. The highest BCUT2D eigenvalue weighted by Crippen LogP contribution is 2.24. The van der Waals surface area contributed by atoms with Crippen LogP contribution in [0.3, 0.4) is 0 Å². The van der Waals surface area contributed by atoms with E-state index >= 15 is 0 Å². The quantitative estimate of drug-likeness (QED) is 0.752. The van der Waals surface area contributed by atoms with Gasteiger partial charge in [-0.25, -0.2) is 13.9 Å². The van der Waals surface area contributed by atoms with Gasteiger partial charge < -0.3 is 4.74 Å². The zero-order valence-electron chi connectivity index (χ0n) is 13.6. The molecular formula is C17H13N5O3S. The molecule has 130 valence electrons. The second-order valence-electron chi connectivity index (χ2n) is 5.41. The molecule has 0 saturated carbocycles. The van der Waals surface area contributed by atoms with Crippen molar-refractivity contribution in [2.75, 3.05) is 7.11 Å². The number of amides is 1. The summed E-state index contributed by atoms with van der Waals surface area (Å²) in [6.07, 6.45) is 8.03. The van der Waals surface area contributed by atoms with Crippen LogP contribution in [0.2, 0.25) is 0 Å². The molecule has 0 spiro atoms. The first kappa shape index (κ1) is 16.2. The highest BCUT2D eigenvalue weighted by atomic mass is 32.2. The number of methoxy groups -OCH3 is 1. The van der Waals surface area contributed by atoms with Gasteiger partial charge in [0, 0.05) is 47.4 Å². The Hall–Kier alpha value is -3.33. The van der Waals surface area contributed by atoms with E-state index in [-0.39, 0.29) is 0 Å². The Morgan fingerprint density at radius 2 is 1.85 bits per heavy atom. The van der Waals surface area contributed by atoms with E-state index in [1.54, 1.807) is 38.0 Å². The van der Waals surface area contributed by atoms with Crippen molar-refractivity contribution in [3.63, 3.8) is 0 Å². The van der Waals surface area contributed by atoms with Crippen LogP contribution in [0.1, 0.15) is 0 Å². The molecule has 0 saturated heterocycles.